The molecule has 1 nitrogen and oxygen atoms in total. The summed E-state index contributed by atoms with van der Waals surface area (Å²) in [5.41, 5.74) is 0.866. The highest BCUT2D eigenvalue weighted by Crippen LogP contribution is 2.39. The number of benzene rings is 1. The second-order valence-corrected chi connectivity index (χ2v) is 6.52. The van der Waals surface area contributed by atoms with Gasteiger partial charge in [-0.25, -0.2) is 4.39 Å². The lowest BCUT2D eigenvalue weighted by atomic mass is 9.75. The van der Waals surface area contributed by atoms with Gasteiger partial charge in [-0.05, 0) is 43.7 Å². The Balaban J connectivity index is 2.05. The molecule has 1 aliphatic carbocycles. The molecule has 2 heteroatoms. The number of halogens is 1. The summed E-state index contributed by atoms with van der Waals surface area (Å²) >= 11 is 0. The lowest BCUT2D eigenvalue weighted by Crippen LogP contribution is -2.32. The van der Waals surface area contributed by atoms with Gasteiger partial charge >= 0.3 is 0 Å². The molecule has 0 aromatic heterocycles. The predicted molar refractivity (Wildman–Crippen MR) is 87.8 cm³/mol. The van der Waals surface area contributed by atoms with Crippen LogP contribution in [-0.2, 0) is 0 Å². The summed E-state index contributed by atoms with van der Waals surface area (Å²) in [6.45, 7) is 5.41. The van der Waals surface area contributed by atoms with Gasteiger partial charge in [-0.3, -0.25) is 0 Å². The molecule has 1 fully saturated rings. The Morgan fingerprint density at radius 2 is 1.81 bits per heavy atom. The summed E-state index contributed by atoms with van der Waals surface area (Å²) in [7, 11) is 0. The minimum Gasteiger partial charge on any atom is -0.310 e. The van der Waals surface area contributed by atoms with E-state index < -0.39 is 0 Å². The third kappa shape index (κ3) is 4.54. The van der Waals surface area contributed by atoms with Crippen molar-refractivity contribution in [3.05, 3.63) is 35.6 Å². The number of hydrogen-bond acceptors (Lipinski definition) is 1. The molecule has 1 saturated carbocycles. The van der Waals surface area contributed by atoms with E-state index in [1.807, 2.05) is 12.1 Å². The van der Waals surface area contributed by atoms with Crippen LogP contribution in [0, 0.1) is 17.7 Å². The molecule has 1 aromatic rings. The number of hydrogen-bond donors (Lipinski definition) is 1. The van der Waals surface area contributed by atoms with Crippen LogP contribution in [0.5, 0.6) is 0 Å². The maximum atomic E-state index is 14.2. The van der Waals surface area contributed by atoms with Crippen LogP contribution < -0.4 is 5.32 Å². The van der Waals surface area contributed by atoms with Crippen molar-refractivity contribution in [3.63, 3.8) is 0 Å². The van der Waals surface area contributed by atoms with Crippen molar-refractivity contribution >= 4 is 0 Å². The Labute approximate surface area is 129 Å². The van der Waals surface area contributed by atoms with E-state index in [2.05, 4.69) is 19.2 Å². The molecule has 1 atom stereocenters. The largest absolute Gasteiger partial charge is 0.310 e. The first-order valence-corrected chi connectivity index (χ1v) is 8.74. The van der Waals surface area contributed by atoms with Crippen molar-refractivity contribution in [3.8, 4) is 0 Å². The summed E-state index contributed by atoms with van der Waals surface area (Å²) in [5, 5.41) is 3.60. The van der Waals surface area contributed by atoms with Crippen LogP contribution >= 0.6 is 0 Å². The second kappa shape index (κ2) is 8.53. The van der Waals surface area contributed by atoms with Crippen molar-refractivity contribution in [2.75, 3.05) is 6.54 Å². The van der Waals surface area contributed by atoms with E-state index in [-0.39, 0.29) is 11.9 Å². The Morgan fingerprint density at radius 1 is 1.10 bits per heavy atom. The molecule has 1 aliphatic rings. The monoisotopic (exact) mass is 291 g/mol. The average Bonchev–Trinajstić information content (AvgIpc) is 2.51. The molecule has 1 N–H and O–H groups in total. The van der Waals surface area contributed by atoms with Gasteiger partial charge in [-0.2, -0.15) is 0 Å². The topological polar surface area (TPSA) is 12.0 Å². The van der Waals surface area contributed by atoms with Crippen LogP contribution in [0.4, 0.5) is 4.39 Å². The number of rotatable bonds is 7. The number of nitrogens with one attached hydrogen (secondary N) is 1. The standard InChI is InChI=1S/C19H30FN/c1-3-7-15-10-12-16(13-11-15)19(21-14-4-2)17-8-5-6-9-18(17)20/h5-6,8-9,15-16,19,21H,3-4,7,10-14H2,1-2H3. The Morgan fingerprint density at radius 3 is 2.43 bits per heavy atom. The van der Waals surface area contributed by atoms with E-state index in [4.69, 9.17) is 0 Å². The normalized spacial score (nSPS) is 24.0. The maximum Gasteiger partial charge on any atom is 0.127 e. The molecule has 0 radical (unpaired) electrons. The molecule has 1 unspecified atom stereocenters. The van der Waals surface area contributed by atoms with E-state index in [9.17, 15) is 4.39 Å². The molecule has 1 aromatic carbocycles. The first kappa shape index (κ1) is 16.5. The van der Waals surface area contributed by atoms with Crippen molar-refractivity contribution in [2.45, 2.75) is 64.8 Å². The van der Waals surface area contributed by atoms with Gasteiger partial charge in [0, 0.05) is 11.6 Å². The van der Waals surface area contributed by atoms with Crippen molar-refractivity contribution in [1.29, 1.82) is 0 Å². The maximum absolute atomic E-state index is 14.2. The highest BCUT2D eigenvalue weighted by molar-refractivity contribution is 5.22. The van der Waals surface area contributed by atoms with Gasteiger partial charge in [0.2, 0.25) is 0 Å². The van der Waals surface area contributed by atoms with E-state index in [1.165, 1.54) is 38.5 Å². The smallest absolute Gasteiger partial charge is 0.127 e. The molecule has 0 aliphatic heterocycles. The molecule has 0 amide bonds. The Hall–Kier alpha value is -0.890. The fourth-order valence-electron chi connectivity index (χ4n) is 3.78. The summed E-state index contributed by atoms with van der Waals surface area (Å²) in [4.78, 5) is 0. The van der Waals surface area contributed by atoms with Gasteiger partial charge in [0.1, 0.15) is 5.82 Å². The molecule has 118 valence electrons. The van der Waals surface area contributed by atoms with Gasteiger partial charge in [0.25, 0.3) is 0 Å². The highest BCUT2D eigenvalue weighted by Gasteiger charge is 2.29. The van der Waals surface area contributed by atoms with Crippen LogP contribution in [0.15, 0.2) is 24.3 Å². The SMILES string of the molecule is CCCNC(c1ccccc1F)C1CCC(CCC)CC1. The van der Waals surface area contributed by atoms with Gasteiger partial charge in [0.05, 0.1) is 0 Å². The summed E-state index contributed by atoms with van der Waals surface area (Å²) in [5.74, 6) is 1.43. The third-order valence-electron chi connectivity index (χ3n) is 4.91. The van der Waals surface area contributed by atoms with Gasteiger partial charge < -0.3 is 5.32 Å². The quantitative estimate of drug-likeness (QED) is 0.702. The highest BCUT2D eigenvalue weighted by atomic mass is 19.1. The minimum absolute atomic E-state index is 0.0539. The molecule has 0 spiro atoms. The molecular formula is C19H30FN. The lowest BCUT2D eigenvalue weighted by Gasteiger charge is -2.35. The third-order valence-corrected chi connectivity index (χ3v) is 4.91. The lowest BCUT2D eigenvalue weighted by molar-refractivity contribution is 0.212. The fraction of sp³-hybridized carbons (Fsp3) is 0.684. The first-order chi connectivity index (χ1) is 10.3. The Bertz CT molecular complexity index is 410. The van der Waals surface area contributed by atoms with Crippen LogP contribution in [0.2, 0.25) is 0 Å². The first-order valence-electron chi connectivity index (χ1n) is 8.74. The van der Waals surface area contributed by atoms with Crippen LogP contribution in [-0.4, -0.2) is 6.54 Å². The molecule has 0 heterocycles. The minimum atomic E-state index is -0.0539. The van der Waals surface area contributed by atoms with Crippen LogP contribution in [0.1, 0.15) is 70.4 Å². The van der Waals surface area contributed by atoms with E-state index in [1.54, 1.807) is 12.1 Å². The van der Waals surface area contributed by atoms with Gasteiger partial charge in [-0.1, -0.05) is 57.7 Å². The van der Waals surface area contributed by atoms with E-state index in [0.717, 1.165) is 24.4 Å². The van der Waals surface area contributed by atoms with Crippen molar-refractivity contribution in [1.82, 2.24) is 5.32 Å². The van der Waals surface area contributed by atoms with E-state index in [0.29, 0.717) is 5.92 Å². The van der Waals surface area contributed by atoms with Crippen LogP contribution in [0.3, 0.4) is 0 Å². The summed E-state index contributed by atoms with van der Waals surface area (Å²) < 4.78 is 14.2. The van der Waals surface area contributed by atoms with Gasteiger partial charge in [0.15, 0.2) is 0 Å². The molecule has 2 rings (SSSR count). The zero-order chi connectivity index (χ0) is 15.1. The summed E-state index contributed by atoms with van der Waals surface area (Å²) in [6.07, 6.45) is 8.85. The molecule has 21 heavy (non-hydrogen) atoms. The zero-order valence-corrected chi connectivity index (χ0v) is 13.6. The second-order valence-electron chi connectivity index (χ2n) is 6.52. The predicted octanol–water partition coefficient (Wildman–Crippen LogP) is 5.47. The van der Waals surface area contributed by atoms with Crippen LogP contribution in [0.25, 0.3) is 0 Å². The Kier molecular flexibility index (Phi) is 6.69. The van der Waals surface area contributed by atoms with Crippen molar-refractivity contribution < 1.29 is 4.39 Å². The molecular weight excluding hydrogens is 261 g/mol. The zero-order valence-electron chi connectivity index (χ0n) is 13.6. The van der Waals surface area contributed by atoms with Crippen molar-refractivity contribution in [2.24, 2.45) is 11.8 Å². The molecule has 0 bridgehead atoms. The average molecular weight is 291 g/mol. The summed E-state index contributed by atoms with van der Waals surface area (Å²) in [6, 6.07) is 7.49. The molecule has 0 saturated heterocycles. The van der Waals surface area contributed by atoms with E-state index >= 15 is 0 Å². The van der Waals surface area contributed by atoms with Gasteiger partial charge in [-0.15, -0.1) is 0 Å². The fourth-order valence-corrected chi connectivity index (χ4v) is 3.78.